The predicted molar refractivity (Wildman–Crippen MR) is 377 cm³/mol. The first kappa shape index (κ1) is 91.1. The van der Waals surface area contributed by atoms with Crippen LogP contribution in [0.4, 0.5) is 0 Å². The molecule has 0 aromatic heterocycles. The summed E-state index contributed by atoms with van der Waals surface area (Å²) in [5, 5.41) is 10.6. The average Bonchev–Trinajstić information content (AvgIpc) is 2.92. The summed E-state index contributed by atoms with van der Waals surface area (Å²) in [5.74, 6) is -2.13. The molecule has 0 aromatic rings. The van der Waals surface area contributed by atoms with Crippen LogP contribution in [0.3, 0.4) is 0 Å². The summed E-state index contributed by atoms with van der Waals surface area (Å²) in [5.41, 5.74) is 0. The lowest BCUT2D eigenvalue weighted by Crippen LogP contribution is -2.30. The maximum absolute atomic E-state index is 13.1. The number of hydrogen-bond acceptors (Lipinski definition) is 15. The number of esters is 4. The number of carbonyl (C=O) groups is 4. The molecule has 0 heterocycles. The third kappa shape index (κ3) is 68.4. The van der Waals surface area contributed by atoms with Gasteiger partial charge in [-0.25, -0.2) is 9.13 Å². The first-order chi connectivity index (χ1) is 45.2. The fourth-order valence-electron chi connectivity index (χ4n) is 11.4. The first-order valence-corrected chi connectivity index (χ1v) is 41.8. The summed E-state index contributed by atoms with van der Waals surface area (Å²) in [7, 11) is -9.89. The van der Waals surface area contributed by atoms with Gasteiger partial charge in [0.2, 0.25) is 0 Å². The summed E-state index contributed by atoms with van der Waals surface area (Å²) < 4.78 is 68.2. The van der Waals surface area contributed by atoms with E-state index in [2.05, 4.69) is 27.7 Å². The molecule has 0 fully saturated rings. The number of rotatable bonds is 75. The van der Waals surface area contributed by atoms with Crippen LogP contribution in [0, 0.1) is 0 Å². The molecule has 93 heavy (non-hydrogen) atoms. The topological polar surface area (TPSA) is 237 Å². The van der Waals surface area contributed by atoms with Crippen LogP contribution < -0.4 is 0 Å². The third-order valence-corrected chi connectivity index (χ3v) is 19.3. The van der Waals surface area contributed by atoms with Gasteiger partial charge in [0.05, 0.1) is 26.4 Å². The second-order valence-electron chi connectivity index (χ2n) is 26.7. The van der Waals surface area contributed by atoms with E-state index in [1.54, 1.807) is 0 Å². The molecule has 0 aromatic carbocycles. The van der Waals surface area contributed by atoms with E-state index in [0.717, 1.165) is 116 Å². The first-order valence-electron chi connectivity index (χ1n) is 38.8. The van der Waals surface area contributed by atoms with Gasteiger partial charge in [-0.3, -0.25) is 37.3 Å². The van der Waals surface area contributed by atoms with Crippen LogP contribution in [-0.2, 0) is 65.4 Å². The maximum atomic E-state index is 13.1. The van der Waals surface area contributed by atoms with Crippen LogP contribution in [0.2, 0.25) is 0 Å². The SMILES string of the molecule is CCCCCCCCCCCCCCCCCCCCCCCC(=O)O[C@H](COC(=O)CCCCCCCCCCCCCCCCCCCC)COP(=O)(O)OC[C@@H](O)COP(=O)(O)OC[C@@H](COC(=O)CCCCCCCCC)OC(=O)CCCCCCCCC. The molecule has 0 amide bonds. The zero-order valence-electron chi connectivity index (χ0n) is 60.2. The molecule has 2 unspecified atom stereocenters. The van der Waals surface area contributed by atoms with E-state index in [4.69, 9.17) is 37.0 Å². The van der Waals surface area contributed by atoms with E-state index in [-0.39, 0.29) is 25.7 Å². The third-order valence-electron chi connectivity index (χ3n) is 17.4. The Morgan fingerprint density at radius 2 is 0.430 bits per heavy atom. The summed E-state index contributed by atoms with van der Waals surface area (Å²) >= 11 is 0. The molecule has 0 aliphatic rings. The van der Waals surface area contributed by atoms with E-state index in [0.29, 0.717) is 25.7 Å². The van der Waals surface area contributed by atoms with Crippen molar-refractivity contribution < 1.29 is 80.2 Å². The highest BCUT2D eigenvalue weighted by Gasteiger charge is 2.30. The van der Waals surface area contributed by atoms with Gasteiger partial charge in [-0.05, 0) is 25.7 Å². The monoisotopic (exact) mass is 1370 g/mol. The molecule has 0 spiro atoms. The molecule has 3 N–H and O–H groups in total. The summed E-state index contributed by atoms with van der Waals surface area (Å²) in [6, 6.07) is 0. The molecule has 0 bridgehead atoms. The highest BCUT2D eigenvalue weighted by molar-refractivity contribution is 7.47. The molecule has 17 nitrogen and oxygen atoms in total. The Hall–Kier alpha value is -1.94. The van der Waals surface area contributed by atoms with Crippen LogP contribution in [0.1, 0.15) is 394 Å². The number of unbranched alkanes of at least 4 members (excludes halogenated alkanes) is 49. The Labute approximate surface area is 568 Å². The molecule has 5 atom stereocenters. The number of phosphoric ester groups is 2. The van der Waals surface area contributed by atoms with Gasteiger partial charge >= 0.3 is 39.5 Å². The second kappa shape index (κ2) is 68.6. The van der Waals surface area contributed by atoms with Gasteiger partial charge in [-0.15, -0.1) is 0 Å². The number of carbonyl (C=O) groups excluding carboxylic acids is 4. The molecule has 0 saturated heterocycles. The molecule has 0 saturated carbocycles. The zero-order valence-corrected chi connectivity index (χ0v) is 62.0. The van der Waals surface area contributed by atoms with Crippen molar-refractivity contribution in [1.82, 2.24) is 0 Å². The molecule has 0 radical (unpaired) electrons. The highest BCUT2D eigenvalue weighted by Crippen LogP contribution is 2.45. The van der Waals surface area contributed by atoms with Crippen LogP contribution >= 0.6 is 15.6 Å². The zero-order chi connectivity index (χ0) is 68.2. The summed E-state index contributed by atoms with van der Waals surface area (Å²) in [4.78, 5) is 72.4. The Balaban J connectivity index is 5.10. The molecule has 552 valence electrons. The van der Waals surface area contributed by atoms with Crippen molar-refractivity contribution in [3.05, 3.63) is 0 Å². The van der Waals surface area contributed by atoms with E-state index < -0.39 is 97.5 Å². The van der Waals surface area contributed by atoms with Gasteiger partial charge in [-0.1, -0.05) is 342 Å². The predicted octanol–water partition coefficient (Wildman–Crippen LogP) is 21.8. The average molecular weight is 1370 g/mol. The second-order valence-corrected chi connectivity index (χ2v) is 29.6. The van der Waals surface area contributed by atoms with E-state index >= 15 is 0 Å². The van der Waals surface area contributed by atoms with Crippen molar-refractivity contribution in [3.8, 4) is 0 Å². The number of ether oxygens (including phenoxy) is 4. The number of aliphatic hydroxyl groups is 1. The van der Waals surface area contributed by atoms with Gasteiger partial charge in [0.1, 0.15) is 19.3 Å². The van der Waals surface area contributed by atoms with E-state index in [9.17, 15) is 43.2 Å². The van der Waals surface area contributed by atoms with E-state index in [1.165, 1.54) is 199 Å². The molecule has 0 aliphatic heterocycles. The number of hydrogen-bond donors (Lipinski definition) is 3. The fraction of sp³-hybridized carbons (Fsp3) is 0.946. The Morgan fingerprint density at radius 3 is 0.634 bits per heavy atom. The fourth-order valence-corrected chi connectivity index (χ4v) is 13.0. The van der Waals surface area contributed by atoms with Crippen LogP contribution in [0.25, 0.3) is 0 Å². The minimum Gasteiger partial charge on any atom is -0.462 e. The smallest absolute Gasteiger partial charge is 0.462 e. The standard InChI is InChI=1S/C74H144O17P2/c1-5-9-13-17-21-23-25-27-29-31-33-34-35-37-39-41-43-45-49-53-57-61-74(79)91-70(65-85-72(77)59-55-51-48-44-42-40-38-36-32-30-28-26-24-22-18-14-10-6-2)67-89-93(82,83)87-63-68(75)62-86-92(80,81)88-66-69(90-73(78)60-56-52-47-20-16-12-8-4)64-84-71(76)58-54-50-46-19-15-11-7-3/h68-70,75H,5-67H2,1-4H3,(H,80,81)(H,82,83)/t68-,69+,70+/m0/s1. The normalized spacial score (nSPS) is 13.9. The van der Waals surface area contributed by atoms with Crippen LogP contribution in [0.15, 0.2) is 0 Å². The van der Waals surface area contributed by atoms with E-state index in [1.807, 2.05) is 0 Å². The van der Waals surface area contributed by atoms with Gasteiger partial charge in [0, 0.05) is 25.7 Å². The molecular weight excluding hydrogens is 1220 g/mol. The van der Waals surface area contributed by atoms with Crippen LogP contribution in [-0.4, -0.2) is 96.7 Å². The van der Waals surface area contributed by atoms with Gasteiger partial charge in [0.25, 0.3) is 0 Å². The van der Waals surface area contributed by atoms with Crippen molar-refractivity contribution in [2.24, 2.45) is 0 Å². The Bertz CT molecular complexity index is 1770. The Morgan fingerprint density at radius 1 is 0.258 bits per heavy atom. The summed E-state index contributed by atoms with van der Waals surface area (Å²) in [6.45, 7) is 4.88. The quantitative estimate of drug-likeness (QED) is 0.0222. The maximum Gasteiger partial charge on any atom is 0.472 e. The lowest BCUT2D eigenvalue weighted by molar-refractivity contribution is -0.161. The lowest BCUT2D eigenvalue weighted by Gasteiger charge is -2.21. The molecule has 19 heteroatoms. The summed E-state index contributed by atoms with van der Waals surface area (Å²) in [6.07, 6.45) is 58.8. The van der Waals surface area contributed by atoms with Crippen molar-refractivity contribution in [3.63, 3.8) is 0 Å². The van der Waals surface area contributed by atoms with Crippen molar-refractivity contribution in [1.29, 1.82) is 0 Å². The molecule has 0 aliphatic carbocycles. The molecular formula is C74H144O17P2. The van der Waals surface area contributed by atoms with Gasteiger partial charge in [0.15, 0.2) is 12.2 Å². The number of phosphoric acid groups is 2. The number of aliphatic hydroxyl groups excluding tert-OH is 1. The Kier molecular flexibility index (Phi) is 67.1. The minimum absolute atomic E-state index is 0.104. The van der Waals surface area contributed by atoms with Crippen molar-refractivity contribution in [2.75, 3.05) is 39.6 Å². The van der Waals surface area contributed by atoms with Crippen LogP contribution in [0.5, 0.6) is 0 Å². The lowest BCUT2D eigenvalue weighted by atomic mass is 10.0. The van der Waals surface area contributed by atoms with Crippen molar-refractivity contribution in [2.45, 2.75) is 412 Å². The van der Waals surface area contributed by atoms with Gasteiger partial charge in [-0.2, -0.15) is 0 Å². The largest absolute Gasteiger partial charge is 0.472 e. The van der Waals surface area contributed by atoms with Crippen molar-refractivity contribution >= 4 is 39.5 Å². The highest BCUT2D eigenvalue weighted by atomic mass is 31.2. The molecule has 0 rings (SSSR count). The van der Waals surface area contributed by atoms with Gasteiger partial charge < -0.3 is 33.8 Å². The minimum atomic E-state index is -4.95.